The molecule has 1 aliphatic carbocycles. The molecule has 1 atom stereocenters. The first-order valence-corrected chi connectivity index (χ1v) is 7.46. The Morgan fingerprint density at radius 3 is 2.64 bits per heavy atom. The van der Waals surface area contributed by atoms with Gasteiger partial charge in [0.05, 0.1) is 17.8 Å². The fourth-order valence-electron chi connectivity index (χ4n) is 2.83. The van der Waals surface area contributed by atoms with E-state index in [1.54, 1.807) is 12.4 Å². The number of hydrogen-bond donors (Lipinski definition) is 2. The second-order valence-corrected chi connectivity index (χ2v) is 5.76. The summed E-state index contributed by atoms with van der Waals surface area (Å²) >= 11 is 0. The second kappa shape index (κ2) is 6.23. The van der Waals surface area contributed by atoms with Crippen molar-refractivity contribution in [3.8, 4) is 0 Å². The topological polar surface area (TPSA) is 75.1 Å². The maximum absolute atomic E-state index is 12.5. The number of aromatic nitrogens is 2. The number of aliphatic hydroxyl groups excluding tert-OH is 1. The first-order valence-electron chi connectivity index (χ1n) is 7.46. The maximum Gasteiger partial charge on any atom is 0.270 e. The molecule has 1 aliphatic rings. The molecule has 2 N–H and O–H groups in total. The Kier molecular flexibility index (Phi) is 4.15. The summed E-state index contributed by atoms with van der Waals surface area (Å²) in [6.07, 6.45) is 4.43. The normalized spacial score (nSPS) is 21.7. The highest BCUT2D eigenvalue weighted by Crippen LogP contribution is 2.37. The molecule has 1 saturated carbocycles. The van der Waals surface area contributed by atoms with E-state index in [-0.39, 0.29) is 24.0 Å². The number of carbonyl (C=O) groups is 1. The van der Waals surface area contributed by atoms with E-state index < -0.39 is 0 Å². The minimum absolute atomic E-state index is 0.196. The van der Waals surface area contributed by atoms with Crippen LogP contribution < -0.4 is 5.32 Å². The van der Waals surface area contributed by atoms with E-state index in [0.717, 1.165) is 11.3 Å². The van der Waals surface area contributed by atoms with Crippen LogP contribution >= 0.6 is 0 Å². The highest BCUT2D eigenvalue weighted by atomic mass is 16.3. The second-order valence-electron chi connectivity index (χ2n) is 5.76. The number of aliphatic hydroxyl groups is 1. The number of aryl methyl sites for hydroxylation is 1. The summed E-state index contributed by atoms with van der Waals surface area (Å²) in [5.74, 6) is 0.00742. The lowest BCUT2D eigenvalue weighted by molar-refractivity contribution is 0.0227. The molecule has 2 aromatic heterocycles. The molecule has 2 aromatic rings. The van der Waals surface area contributed by atoms with Crippen LogP contribution in [0, 0.1) is 12.8 Å². The van der Waals surface area contributed by atoms with Crippen LogP contribution in [0.5, 0.6) is 0 Å². The van der Waals surface area contributed by atoms with Crippen LogP contribution in [0.2, 0.25) is 0 Å². The number of nitrogens with zero attached hydrogens (tertiary/aromatic N) is 2. The summed E-state index contributed by atoms with van der Waals surface area (Å²) < 4.78 is 0. The van der Waals surface area contributed by atoms with Gasteiger partial charge in [0.2, 0.25) is 0 Å². The molecule has 3 rings (SSSR count). The number of pyridine rings is 2. The zero-order valence-electron chi connectivity index (χ0n) is 12.4. The molecular formula is C17H19N3O2. The fourth-order valence-corrected chi connectivity index (χ4v) is 2.83. The van der Waals surface area contributed by atoms with Crippen LogP contribution in [0.3, 0.4) is 0 Å². The van der Waals surface area contributed by atoms with Gasteiger partial charge in [-0.25, -0.2) is 0 Å². The van der Waals surface area contributed by atoms with Crippen LogP contribution in [0.25, 0.3) is 0 Å². The minimum atomic E-state index is -0.273. The van der Waals surface area contributed by atoms with Crippen molar-refractivity contribution in [3.63, 3.8) is 0 Å². The smallest absolute Gasteiger partial charge is 0.270 e. The van der Waals surface area contributed by atoms with E-state index in [9.17, 15) is 9.90 Å². The summed E-state index contributed by atoms with van der Waals surface area (Å²) in [4.78, 5) is 21.0. The van der Waals surface area contributed by atoms with Gasteiger partial charge in [-0.3, -0.25) is 14.8 Å². The summed E-state index contributed by atoms with van der Waals surface area (Å²) in [6, 6.07) is 9.14. The highest BCUT2D eigenvalue weighted by Gasteiger charge is 2.36. The van der Waals surface area contributed by atoms with Crippen molar-refractivity contribution in [2.45, 2.75) is 31.9 Å². The maximum atomic E-state index is 12.5. The van der Waals surface area contributed by atoms with Gasteiger partial charge in [-0.1, -0.05) is 12.1 Å². The summed E-state index contributed by atoms with van der Waals surface area (Å²) in [6.45, 7) is 1.87. The van der Waals surface area contributed by atoms with Gasteiger partial charge in [-0.15, -0.1) is 0 Å². The van der Waals surface area contributed by atoms with Gasteiger partial charge in [-0.2, -0.15) is 0 Å². The van der Waals surface area contributed by atoms with Crippen LogP contribution in [-0.2, 0) is 0 Å². The fraction of sp³-hybridized carbons (Fsp3) is 0.353. The SMILES string of the molecule is Cc1cccnc1C(=O)NC(c1ccccn1)C1CC(O)C1. The van der Waals surface area contributed by atoms with Crippen molar-refractivity contribution in [2.24, 2.45) is 5.92 Å². The molecule has 22 heavy (non-hydrogen) atoms. The number of nitrogens with one attached hydrogen (secondary N) is 1. The lowest BCUT2D eigenvalue weighted by Gasteiger charge is -2.37. The molecule has 5 heteroatoms. The molecule has 0 bridgehead atoms. The van der Waals surface area contributed by atoms with Gasteiger partial charge in [-0.05, 0) is 49.4 Å². The van der Waals surface area contributed by atoms with Gasteiger partial charge >= 0.3 is 0 Å². The Morgan fingerprint density at radius 2 is 2.00 bits per heavy atom. The number of carbonyl (C=O) groups excluding carboxylic acids is 1. The van der Waals surface area contributed by atoms with E-state index in [2.05, 4.69) is 15.3 Å². The molecule has 0 aromatic carbocycles. The predicted octanol–water partition coefficient (Wildman–Crippen LogP) is 2.03. The summed E-state index contributed by atoms with van der Waals surface area (Å²) in [7, 11) is 0. The highest BCUT2D eigenvalue weighted by molar-refractivity contribution is 5.93. The number of rotatable bonds is 4. The molecule has 0 radical (unpaired) electrons. The van der Waals surface area contributed by atoms with Crippen molar-refractivity contribution >= 4 is 5.91 Å². The van der Waals surface area contributed by atoms with Gasteiger partial charge in [0.25, 0.3) is 5.91 Å². The zero-order valence-corrected chi connectivity index (χ0v) is 12.4. The van der Waals surface area contributed by atoms with Gasteiger partial charge in [0, 0.05) is 12.4 Å². The van der Waals surface area contributed by atoms with Crippen LogP contribution in [-0.4, -0.2) is 27.1 Å². The third-order valence-corrected chi connectivity index (χ3v) is 4.14. The largest absolute Gasteiger partial charge is 0.393 e. The molecule has 1 amide bonds. The Morgan fingerprint density at radius 1 is 1.23 bits per heavy atom. The monoisotopic (exact) mass is 297 g/mol. The number of amides is 1. The van der Waals surface area contributed by atoms with E-state index in [4.69, 9.17) is 0 Å². The predicted molar refractivity (Wildman–Crippen MR) is 82.1 cm³/mol. The number of hydrogen-bond acceptors (Lipinski definition) is 4. The van der Waals surface area contributed by atoms with Crippen LogP contribution in [0.1, 0.15) is 40.6 Å². The molecule has 1 fully saturated rings. The van der Waals surface area contributed by atoms with Crippen molar-refractivity contribution in [3.05, 3.63) is 59.7 Å². The van der Waals surface area contributed by atoms with Gasteiger partial charge in [0.1, 0.15) is 5.69 Å². The van der Waals surface area contributed by atoms with Gasteiger partial charge < -0.3 is 10.4 Å². The van der Waals surface area contributed by atoms with E-state index in [1.165, 1.54) is 0 Å². The van der Waals surface area contributed by atoms with Crippen molar-refractivity contribution in [1.82, 2.24) is 15.3 Å². The lowest BCUT2D eigenvalue weighted by Crippen LogP contribution is -2.42. The zero-order chi connectivity index (χ0) is 15.5. The summed E-state index contributed by atoms with van der Waals surface area (Å²) in [5.41, 5.74) is 2.10. The molecule has 0 spiro atoms. The lowest BCUT2D eigenvalue weighted by atomic mass is 9.76. The molecule has 5 nitrogen and oxygen atoms in total. The van der Waals surface area contributed by atoms with Crippen LogP contribution in [0.4, 0.5) is 0 Å². The average Bonchev–Trinajstić information content (AvgIpc) is 2.51. The van der Waals surface area contributed by atoms with E-state index in [0.29, 0.717) is 18.5 Å². The minimum Gasteiger partial charge on any atom is -0.393 e. The Bertz CT molecular complexity index is 654. The van der Waals surface area contributed by atoms with Crippen molar-refractivity contribution < 1.29 is 9.90 Å². The molecule has 1 unspecified atom stereocenters. The molecule has 2 heterocycles. The van der Waals surface area contributed by atoms with Gasteiger partial charge in [0.15, 0.2) is 0 Å². The quantitative estimate of drug-likeness (QED) is 0.905. The van der Waals surface area contributed by atoms with Crippen molar-refractivity contribution in [2.75, 3.05) is 0 Å². The Labute approximate surface area is 129 Å². The van der Waals surface area contributed by atoms with Crippen LogP contribution in [0.15, 0.2) is 42.7 Å². The molecular weight excluding hydrogens is 278 g/mol. The molecule has 0 aliphatic heterocycles. The van der Waals surface area contributed by atoms with Crippen molar-refractivity contribution in [1.29, 1.82) is 0 Å². The first-order chi connectivity index (χ1) is 10.6. The third kappa shape index (κ3) is 2.99. The van der Waals surface area contributed by atoms with E-state index >= 15 is 0 Å². The third-order valence-electron chi connectivity index (χ3n) is 4.14. The Balaban J connectivity index is 1.81. The van der Waals surface area contributed by atoms with E-state index in [1.807, 2.05) is 37.3 Å². The first kappa shape index (κ1) is 14.7. The molecule has 114 valence electrons. The average molecular weight is 297 g/mol. The standard InChI is InChI=1S/C17H19N3O2/c1-11-5-4-8-19-15(11)17(22)20-16(12-9-13(21)10-12)14-6-2-3-7-18-14/h2-8,12-13,16,21H,9-10H2,1H3,(H,20,22). The Hall–Kier alpha value is -2.27. The molecule has 0 saturated heterocycles. The summed E-state index contributed by atoms with van der Waals surface area (Å²) in [5, 5.41) is 12.6.